The Morgan fingerprint density at radius 1 is 1.47 bits per heavy atom. The van der Waals surface area contributed by atoms with Crippen LogP contribution in [0, 0.1) is 0 Å². The van der Waals surface area contributed by atoms with Crippen LogP contribution < -0.4 is 5.32 Å². The lowest BCUT2D eigenvalue weighted by Crippen LogP contribution is -2.22. The molecule has 1 N–H and O–H groups in total. The molecule has 0 aromatic carbocycles. The van der Waals surface area contributed by atoms with E-state index in [0.717, 1.165) is 30.7 Å². The first-order valence-corrected chi connectivity index (χ1v) is 6.26. The van der Waals surface area contributed by atoms with Crippen LogP contribution in [0.15, 0.2) is 24.1 Å². The number of rotatable bonds is 3. The smallest absolute Gasteiger partial charge is 0.0876 e. The van der Waals surface area contributed by atoms with Crippen LogP contribution in [0.5, 0.6) is 0 Å². The molecule has 5 heteroatoms. The van der Waals surface area contributed by atoms with Crippen LogP contribution in [0.3, 0.4) is 0 Å². The van der Waals surface area contributed by atoms with Crippen LogP contribution >= 0.6 is 23.2 Å². The van der Waals surface area contributed by atoms with Crippen molar-refractivity contribution in [3.8, 4) is 0 Å². The summed E-state index contributed by atoms with van der Waals surface area (Å²) in [6.45, 7) is 0.779. The number of hydrogen-bond acceptors (Lipinski definition) is 3. The molecule has 1 atom stereocenters. The van der Waals surface area contributed by atoms with E-state index in [1.807, 2.05) is 7.05 Å². The van der Waals surface area contributed by atoms with Crippen LogP contribution in [-0.2, 0) is 4.74 Å². The molecule has 0 saturated heterocycles. The van der Waals surface area contributed by atoms with Gasteiger partial charge in [0.25, 0.3) is 0 Å². The number of ether oxygens (including phenoxy) is 1. The van der Waals surface area contributed by atoms with Gasteiger partial charge in [0.2, 0.25) is 0 Å². The van der Waals surface area contributed by atoms with E-state index < -0.39 is 0 Å². The highest BCUT2D eigenvalue weighted by Crippen LogP contribution is 2.31. The van der Waals surface area contributed by atoms with Gasteiger partial charge in [-0.3, -0.25) is 4.98 Å². The predicted octanol–water partition coefficient (Wildman–Crippen LogP) is 3.34. The third-order valence-corrected chi connectivity index (χ3v) is 3.24. The van der Waals surface area contributed by atoms with E-state index in [1.54, 1.807) is 18.5 Å². The molecule has 0 bridgehead atoms. The first-order valence-electron chi connectivity index (χ1n) is 5.51. The summed E-state index contributed by atoms with van der Waals surface area (Å²) >= 11 is 12.0. The number of nitrogens with zero attached hydrogens (tertiary/aromatic N) is 1. The van der Waals surface area contributed by atoms with Crippen LogP contribution in [0.1, 0.15) is 24.6 Å². The molecule has 0 aliphatic carbocycles. The average Bonchev–Trinajstić information content (AvgIpc) is 2.34. The van der Waals surface area contributed by atoms with Crippen LogP contribution in [0.2, 0.25) is 10.0 Å². The van der Waals surface area contributed by atoms with Crippen molar-refractivity contribution < 1.29 is 4.74 Å². The molecule has 3 nitrogen and oxygen atoms in total. The van der Waals surface area contributed by atoms with E-state index in [9.17, 15) is 0 Å². The van der Waals surface area contributed by atoms with Crippen LogP contribution in [-0.4, -0.2) is 18.6 Å². The minimum Gasteiger partial charge on any atom is -0.501 e. The van der Waals surface area contributed by atoms with Gasteiger partial charge in [-0.25, -0.2) is 0 Å². The number of hydrogen-bond donors (Lipinski definition) is 1. The van der Waals surface area contributed by atoms with Crippen molar-refractivity contribution in [3.05, 3.63) is 39.8 Å². The van der Waals surface area contributed by atoms with Gasteiger partial charge in [0.05, 0.1) is 34.6 Å². The molecule has 92 valence electrons. The van der Waals surface area contributed by atoms with E-state index in [1.165, 1.54) is 0 Å². The molecule has 17 heavy (non-hydrogen) atoms. The number of pyridine rings is 1. The third-order valence-electron chi connectivity index (χ3n) is 2.73. The molecular formula is C12H14Cl2N2O. The zero-order valence-corrected chi connectivity index (χ0v) is 11.1. The van der Waals surface area contributed by atoms with Gasteiger partial charge in [0.1, 0.15) is 0 Å². The maximum atomic E-state index is 6.17. The van der Waals surface area contributed by atoms with Gasteiger partial charge in [-0.05, 0) is 31.5 Å². The monoisotopic (exact) mass is 272 g/mol. The molecule has 1 aromatic heterocycles. The van der Waals surface area contributed by atoms with Crippen molar-refractivity contribution in [2.24, 2.45) is 0 Å². The molecule has 1 aliphatic heterocycles. The predicted molar refractivity (Wildman–Crippen MR) is 69.3 cm³/mol. The van der Waals surface area contributed by atoms with E-state index >= 15 is 0 Å². The lowest BCUT2D eigenvalue weighted by Gasteiger charge is -2.23. The summed E-state index contributed by atoms with van der Waals surface area (Å²) in [6.07, 6.45) is 5.43. The van der Waals surface area contributed by atoms with Crippen LogP contribution in [0.4, 0.5) is 0 Å². The first-order chi connectivity index (χ1) is 8.22. The van der Waals surface area contributed by atoms with Gasteiger partial charge in [-0.2, -0.15) is 0 Å². The fourth-order valence-electron chi connectivity index (χ4n) is 1.93. The maximum Gasteiger partial charge on any atom is 0.0876 e. The topological polar surface area (TPSA) is 34.1 Å². The molecular weight excluding hydrogens is 259 g/mol. The largest absolute Gasteiger partial charge is 0.501 e. The molecule has 0 spiro atoms. The highest BCUT2D eigenvalue weighted by molar-refractivity contribution is 6.34. The van der Waals surface area contributed by atoms with Gasteiger partial charge in [-0.15, -0.1) is 0 Å². The summed E-state index contributed by atoms with van der Waals surface area (Å²) in [5.74, 6) is 0. The second-order valence-electron chi connectivity index (χ2n) is 3.91. The number of aromatic nitrogens is 1. The lowest BCUT2D eigenvalue weighted by atomic mass is 9.99. The first kappa shape index (κ1) is 12.7. The zero-order valence-electron chi connectivity index (χ0n) is 9.54. The number of halogens is 2. The highest BCUT2D eigenvalue weighted by Gasteiger charge is 2.21. The molecule has 0 radical (unpaired) electrons. The van der Waals surface area contributed by atoms with Crippen molar-refractivity contribution in [1.82, 2.24) is 10.3 Å². The van der Waals surface area contributed by atoms with E-state index in [4.69, 9.17) is 27.9 Å². The van der Waals surface area contributed by atoms with Gasteiger partial charge in [-0.1, -0.05) is 23.2 Å². The molecule has 0 fully saturated rings. The second-order valence-corrected chi connectivity index (χ2v) is 4.75. The Bertz CT molecular complexity index is 435. The van der Waals surface area contributed by atoms with Gasteiger partial charge in [0, 0.05) is 6.20 Å². The third kappa shape index (κ3) is 2.92. The summed E-state index contributed by atoms with van der Waals surface area (Å²) in [5, 5.41) is 4.33. The molecule has 1 aromatic rings. The van der Waals surface area contributed by atoms with E-state index in [2.05, 4.69) is 10.3 Å². The Morgan fingerprint density at radius 3 is 2.88 bits per heavy atom. The molecule has 2 rings (SSSR count). The minimum atomic E-state index is -0.0138. The van der Waals surface area contributed by atoms with Crippen molar-refractivity contribution in [1.29, 1.82) is 0 Å². The zero-order chi connectivity index (χ0) is 12.3. The van der Waals surface area contributed by atoms with Gasteiger partial charge >= 0.3 is 0 Å². The summed E-state index contributed by atoms with van der Waals surface area (Å²) in [4.78, 5) is 4.30. The number of likely N-dealkylation sites (N-methyl/N-ethyl adjacent to an activating group) is 1. The Balaban J connectivity index is 2.31. The summed E-state index contributed by atoms with van der Waals surface area (Å²) in [6, 6.07) is 1.69. The van der Waals surface area contributed by atoms with Gasteiger partial charge < -0.3 is 10.1 Å². The minimum absolute atomic E-state index is 0.0138. The maximum absolute atomic E-state index is 6.17. The molecule has 0 saturated carbocycles. The summed E-state index contributed by atoms with van der Waals surface area (Å²) < 4.78 is 5.35. The highest BCUT2D eigenvalue weighted by atomic mass is 35.5. The van der Waals surface area contributed by atoms with E-state index in [-0.39, 0.29) is 6.04 Å². The quantitative estimate of drug-likeness (QED) is 0.917. The van der Waals surface area contributed by atoms with Crippen molar-refractivity contribution in [2.75, 3.05) is 13.7 Å². The normalized spacial score (nSPS) is 17.2. The number of nitrogens with one attached hydrogen (secondary N) is 1. The SMILES string of the molecule is CNC(C1=COCCC1)c1ncc(Cl)cc1Cl. The molecule has 2 heterocycles. The van der Waals surface area contributed by atoms with E-state index in [0.29, 0.717) is 10.0 Å². The van der Waals surface area contributed by atoms with Crippen LogP contribution in [0.25, 0.3) is 0 Å². The molecule has 1 unspecified atom stereocenters. The standard InChI is InChI=1S/C12H14Cl2N2O/c1-15-11(8-3-2-4-17-7-8)12-10(14)5-9(13)6-16-12/h5-7,11,15H,2-4H2,1H3. The average molecular weight is 273 g/mol. The molecule has 0 amide bonds. The Morgan fingerprint density at radius 2 is 2.29 bits per heavy atom. The summed E-state index contributed by atoms with van der Waals surface area (Å²) in [5.41, 5.74) is 1.95. The Kier molecular flexibility index (Phi) is 4.26. The van der Waals surface area contributed by atoms with Crippen molar-refractivity contribution in [3.63, 3.8) is 0 Å². The fraction of sp³-hybridized carbons (Fsp3) is 0.417. The van der Waals surface area contributed by atoms with Crippen molar-refractivity contribution in [2.45, 2.75) is 18.9 Å². The lowest BCUT2D eigenvalue weighted by molar-refractivity contribution is 0.219. The fourth-order valence-corrected chi connectivity index (χ4v) is 2.42. The van der Waals surface area contributed by atoms with Crippen molar-refractivity contribution >= 4 is 23.2 Å². The second kappa shape index (κ2) is 5.71. The molecule has 1 aliphatic rings. The summed E-state index contributed by atoms with van der Waals surface area (Å²) in [7, 11) is 1.88. The van der Waals surface area contributed by atoms with Gasteiger partial charge in [0.15, 0.2) is 0 Å². The Hall–Kier alpha value is -0.770. The Labute approximate surface area is 111 Å².